The highest BCUT2D eigenvalue weighted by Crippen LogP contribution is 2.39. The second-order valence-corrected chi connectivity index (χ2v) is 11.3. The van der Waals surface area contributed by atoms with Gasteiger partial charge in [-0.2, -0.15) is 0 Å². The van der Waals surface area contributed by atoms with Gasteiger partial charge in [-0.1, -0.05) is 53.4 Å². The fourth-order valence-electron chi connectivity index (χ4n) is 3.10. The SMILES string of the molecule is CC(C)(CCCCCO)CCCCOCCCCC(C)(C)COP(C)(=O)O. The first-order valence-electron chi connectivity index (χ1n) is 10.6. The van der Waals surface area contributed by atoms with Gasteiger partial charge < -0.3 is 19.3 Å². The Kier molecular flexibility index (Phi) is 14.2. The highest BCUT2D eigenvalue weighted by molar-refractivity contribution is 7.51. The first-order chi connectivity index (χ1) is 12.5. The Morgan fingerprint density at radius 1 is 0.778 bits per heavy atom. The van der Waals surface area contributed by atoms with Crippen LogP contribution in [0.25, 0.3) is 0 Å². The van der Waals surface area contributed by atoms with Gasteiger partial charge in [-0.25, -0.2) is 0 Å². The van der Waals surface area contributed by atoms with Crippen LogP contribution in [0, 0.1) is 10.8 Å². The van der Waals surface area contributed by atoms with Crippen molar-refractivity contribution in [1.82, 2.24) is 0 Å². The molecule has 0 aliphatic carbocycles. The van der Waals surface area contributed by atoms with E-state index in [4.69, 9.17) is 14.4 Å². The fourth-order valence-corrected chi connectivity index (χ4v) is 3.69. The summed E-state index contributed by atoms with van der Waals surface area (Å²) in [6, 6.07) is 0. The summed E-state index contributed by atoms with van der Waals surface area (Å²) in [5.41, 5.74) is 0.303. The first kappa shape index (κ1) is 27.1. The van der Waals surface area contributed by atoms with E-state index in [0.717, 1.165) is 51.7 Å². The molecule has 6 heteroatoms. The maximum Gasteiger partial charge on any atom is 0.325 e. The smallest absolute Gasteiger partial charge is 0.325 e. The zero-order chi connectivity index (χ0) is 20.8. The predicted molar refractivity (Wildman–Crippen MR) is 113 cm³/mol. The summed E-state index contributed by atoms with van der Waals surface area (Å²) in [6.07, 6.45) is 11.1. The fraction of sp³-hybridized carbons (Fsp3) is 1.00. The third-order valence-electron chi connectivity index (χ3n) is 4.99. The van der Waals surface area contributed by atoms with Gasteiger partial charge in [-0.3, -0.25) is 4.57 Å². The normalized spacial score (nSPS) is 15.1. The number of aliphatic hydroxyl groups excluding tert-OH is 1. The Morgan fingerprint density at radius 3 is 1.74 bits per heavy atom. The van der Waals surface area contributed by atoms with E-state index in [1.807, 2.05) is 0 Å². The Balaban J connectivity index is 3.57. The summed E-state index contributed by atoms with van der Waals surface area (Å²) in [6.45, 7) is 12.3. The number of hydrogen-bond acceptors (Lipinski definition) is 4. The molecule has 2 N–H and O–H groups in total. The standard InChI is InChI=1S/C21H45O5P/c1-20(2,13-7-6-10-16-22)14-8-11-17-25-18-12-9-15-21(3,4)19-26-27(5,23)24/h22H,6-19H2,1-5H3,(H,23,24). The number of ether oxygens (including phenoxy) is 1. The van der Waals surface area contributed by atoms with Crippen molar-refractivity contribution in [3.8, 4) is 0 Å². The molecule has 0 amide bonds. The van der Waals surface area contributed by atoms with E-state index in [9.17, 15) is 9.46 Å². The minimum absolute atomic E-state index is 0.0862. The number of hydrogen-bond donors (Lipinski definition) is 2. The van der Waals surface area contributed by atoms with Crippen molar-refractivity contribution in [3.63, 3.8) is 0 Å². The molecule has 1 unspecified atom stereocenters. The molecule has 0 heterocycles. The number of unbranched alkanes of at least 4 members (excludes halogenated alkanes) is 4. The lowest BCUT2D eigenvalue weighted by Gasteiger charge is -2.25. The molecule has 0 fully saturated rings. The van der Waals surface area contributed by atoms with Gasteiger partial charge in [-0.15, -0.1) is 0 Å². The van der Waals surface area contributed by atoms with E-state index in [0.29, 0.717) is 18.6 Å². The van der Waals surface area contributed by atoms with Gasteiger partial charge in [-0.05, 0) is 49.4 Å². The lowest BCUT2D eigenvalue weighted by Crippen LogP contribution is -2.18. The highest BCUT2D eigenvalue weighted by Gasteiger charge is 2.22. The van der Waals surface area contributed by atoms with E-state index >= 15 is 0 Å². The van der Waals surface area contributed by atoms with Crippen molar-refractivity contribution in [1.29, 1.82) is 0 Å². The minimum atomic E-state index is -3.38. The molecule has 0 rings (SSSR count). The second kappa shape index (κ2) is 14.1. The summed E-state index contributed by atoms with van der Waals surface area (Å²) in [5.74, 6) is 0. The summed E-state index contributed by atoms with van der Waals surface area (Å²) < 4.78 is 22.0. The molecule has 0 saturated carbocycles. The zero-order valence-electron chi connectivity index (χ0n) is 18.5. The third kappa shape index (κ3) is 19.2. The van der Waals surface area contributed by atoms with Gasteiger partial charge in [0.15, 0.2) is 0 Å². The molecule has 1 atom stereocenters. The average Bonchev–Trinajstić information content (AvgIpc) is 2.55. The van der Waals surface area contributed by atoms with Crippen LogP contribution in [0.15, 0.2) is 0 Å². The van der Waals surface area contributed by atoms with E-state index < -0.39 is 7.60 Å². The predicted octanol–water partition coefficient (Wildman–Crippen LogP) is 5.78. The Hall–Kier alpha value is 0.0700. The van der Waals surface area contributed by atoms with Crippen LogP contribution in [-0.2, 0) is 13.8 Å². The highest BCUT2D eigenvalue weighted by atomic mass is 31.2. The van der Waals surface area contributed by atoms with Crippen molar-refractivity contribution >= 4 is 7.60 Å². The van der Waals surface area contributed by atoms with Crippen LogP contribution in [-0.4, -0.2) is 43.1 Å². The Bertz CT molecular complexity index is 403. The lowest BCUT2D eigenvalue weighted by atomic mass is 9.82. The zero-order valence-corrected chi connectivity index (χ0v) is 19.4. The van der Waals surface area contributed by atoms with Crippen molar-refractivity contribution in [3.05, 3.63) is 0 Å². The summed E-state index contributed by atoms with van der Waals surface area (Å²) in [5, 5.41) is 8.83. The van der Waals surface area contributed by atoms with Crippen molar-refractivity contribution < 1.29 is 23.8 Å². The average molecular weight is 409 g/mol. The van der Waals surface area contributed by atoms with Gasteiger partial charge in [0.25, 0.3) is 0 Å². The van der Waals surface area contributed by atoms with Crippen LogP contribution in [0.3, 0.4) is 0 Å². The van der Waals surface area contributed by atoms with E-state index in [2.05, 4.69) is 27.7 Å². The topological polar surface area (TPSA) is 76.0 Å². The van der Waals surface area contributed by atoms with E-state index in [1.165, 1.54) is 32.3 Å². The molecule has 0 aromatic rings. The second-order valence-electron chi connectivity index (χ2n) is 9.47. The molecule has 0 aromatic heterocycles. The molecule has 164 valence electrons. The molecule has 0 saturated heterocycles. The van der Waals surface area contributed by atoms with Gasteiger partial charge in [0.05, 0.1) is 6.61 Å². The minimum Gasteiger partial charge on any atom is -0.396 e. The Morgan fingerprint density at radius 2 is 1.26 bits per heavy atom. The summed E-state index contributed by atoms with van der Waals surface area (Å²) >= 11 is 0. The molecular formula is C21H45O5P. The molecule has 0 spiro atoms. The molecule has 0 aliphatic rings. The van der Waals surface area contributed by atoms with Gasteiger partial charge in [0, 0.05) is 26.5 Å². The lowest BCUT2D eigenvalue weighted by molar-refractivity contribution is 0.113. The first-order valence-corrected chi connectivity index (χ1v) is 12.6. The monoisotopic (exact) mass is 408 g/mol. The molecule has 27 heavy (non-hydrogen) atoms. The molecular weight excluding hydrogens is 363 g/mol. The largest absolute Gasteiger partial charge is 0.396 e. The van der Waals surface area contributed by atoms with Gasteiger partial charge in [0.2, 0.25) is 0 Å². The van der Waals surface area contributed by atoms with Crippen LogP contribution >= 0.6 is 7.60 Å². The molecule has 5 nitrogen and oxygen atoms in total. The van der Waals surface area contributed by atoms with Gasteiger partial charge >= 0.3 is 7.60 Å². The summed E-state index contributed by atoms with van der Waals surface area (Å²) in [7, 11) is -3.38. The maximum absolute atomic E-state index is 11.2. The van der Waals surface area contributed by atoms with Crippen molar-refractivity contribution in [2.24, 2.45) is 10.8 Å². The van der Waals surface area contributed by atoms with E-state index in [-0.39, 0.29) is 5.41 Å². The quantitative estimate of drug-likeness (QED) is 0.222. The molecule has 0 radical (unpaired) electrons. The third-order valence-corrected chi connectivity index (χ3v) is 5.60. The van der Waals surface area contributed by atoms with Crippen LogP contribution in [0.5, 0.6) is 0 Å². The number of rotatable bonds is 18. The van der Waals surface area contributed by atoms with Gasteiger partial charge in [0.1, 0.15) is 0 Å². The molecule has 0 bridgehead atoms. The van der Waals surface area contributed by atoms with Crippen LogP contribution in [0.2, 0.25) is 0 Å². The summed E-state index contributed by atoms with van der Waals surface area (Å²) in [4.78, 5) is 9.21. The molecule has 0 aliphatic heterocycles. The maximum atomic E-state index is 11.2. The van der Waals surface area contributed by atoms with E-state index in [1.54, 1.807) is 0 Å². The number of aliphatic hydroxyl groups is 1. The van der Waals surface area contributed by atoms with Crippen molar-refractivity contribution in [2.75, 3.05) is 33.1 Å². The van der Waals surface area contributed by atoms with Crippen LogP contribution in [0.1, 0.15) is 91.9 Å². The Labute approximate surface area is 167 Å². The molecule has 0 aromatic carbocycles. The van der Waals surface area contributed by atoms with Crippen LogP contribution in [0.4, 0.5) is 0 Å². The van der Waals surface area contributed by atoms with Crippen molar-refractivity contribution in [2.45, 2.75) is 91.9 Å². The van der Waals surface area contributed by atoms with Crippen LogP contribution < -0.4 is 0 Å².